The summed E-state index contributed by atoms with van der Waals surface area (Å²) in [5, 5.41) is 0.477. The Balaban J connectivity index is 2.15. The molecule has 0 bridgehead atoms. The van der Waals surface area contributed by atoms with Crippen molar-refractivity contribution in [2.75, 3.05) is 0 Å². The summed E-state index contributed by atoms with van der Waals surface area (Å²) in [6.45, 7) is 5.93. The predicted molar refractivity (Wildman–Crippen MR) is 62.6 cm³/mol. The van der Waals surface area contributed by atoms with E-state index in [1.54, 1.807) is 0 Å². The Morgan fingerprint density at radius 2 is 2.29 bits per heavy atom. The van der Waals surface area contributed by atoms with Crippen molar-refractivity contribution in [1.82, 2.24) is 0 Å². The fourth-order valence-electron chi connectivity index (χ4n) is 1.73. The van der Waals surface area contributed by atoms with Crippen molar-refractivity contribution in [3.05, 3.63) is 42.0 Å². The number of nitrogens with two attached hydrogens (primary N) is 1. The van der Waals surface area contributed by atoms with Gasteiger partial charge in [0.2, 0.25) is 0 Å². The Hall–Kier alpha value is -0.730. The second kappa shape index (κ2) is 3.79. The van der Waals surface area contributed by atoms with Gasteiger partial charge in [0.25, 0.3) is 0 Å². The van der Waals surface area contributed by atoms with Crippen LogP contribution in [0.25, 0.3) is 0 Å². The first-order valence-electron chi connectivity index (χ1n) is 4.84. The number of hydrogen-bond acceptors (Lipinski definition) is 2. The van der Waals surface area contributed by atoms with Gasteiger partial charge in [-0.1, -0.05) is 30.4 Å². The largest absolute Gasteiger partial charge is 0.323 e. The molecule has 0 saturated heterocycles. The standard InChI is InChI=1S/C12H15NS/c1-8(2)12(13)11-7-9-5-3-4-6-10(9)14-11/h3-6,11-12H,1,7,13H2,2H3. The van der Waals surface area contributed by atoms with Gasteiger partial charge in [-0.25, -0.2) is 0 Å². The molecule has 2 N–H and O–H groups in total. The van der Waals surface area contributed by atoms with E-state index in [0.29, 0.717) is 5.25 Å². The maximum absolute atomic E-state index is 6.08. The second-order valence-electron chi connectivity index (χ2n) is 3.84. The first kappa shape index (κ1) is 9.81. The van der Waals surface area contributed by atoms with E-state index in [1.165, 1.54) is 10.5 Å². The zero-order valence-electron chi connectivity index (χ0n) is 8.36. The molecule has 1 aliphatic heterocycles. The first-order valence-corrected chi connectivity index (χ1v) is 5.72. The van der Waals surface area contributed by atoms with E-state index < -0.39 is 0 Å². The van der Waals surface area contributed by atoms with Crippen LogP contribution in [0.1, 0.15) is 12.5 Å². The third-order valence-corrected chi connectivity index (χ3v) is 4.06. The van der Waals surface area contributed by atoms with Gasteiger partial charge in [-0.15, -0.1) is 11.8 Å². The molecule has 0 radical (unpaired) electrons. The summed E-state index contributed by atoms with van der Waals surface area (Å²) < 4.78 is 0. The normalized spacial score (nSPS) is 21.7. The Kier molecular flexibility index (Phi) is 2.66. The van der Waals surface area contributed by atoms with Crippen LogP contribution in [-0.4, -0.2) is 11.3 Å². The first-order chi connectivity index (χ1) is 6.68. The number of fused-ring (bicyclic) bond motifs is 1. The zero-order valence-corrected chi connectivity index (χ0v) is 9.18. The highest BCUT2D eigenvalue weighted by Gasteiger charge is 2.27. The van der Waals surface area contributed by atoms with Gasteiger partial charge in [0.15, 0.2) is 0 Å². The molecule has 0 aliphatic carbocycles. The lowest BCUT2D eigenvalue weighted by molar-refractivity contribution is 0.717. The lowest BCUT2D eigenvalue weighted by Gasteiger charge is -2.17. The van der Waals surface area contributed by atoms with Crippen molar-refractivity contribution in [3.63, 3.8) is 0 Å². The highest BCUT2D eigenvalue weighted by Crippen LogP contribution is 2.38. The minimum absolute atomic E-state index is 0.118. The summed E-state index contributed by atoms with van der Waals surface area (Å²) in [6.07, 6.45) is 1.08. The van der Waals surface area contributed by atoms with Crippen molar-refractivity contribution in [1.29, 1.82) is 0 Å². The van der Waals surface area contributed by atoms with E-state index in [0.717, 1.165) is 12.0 Å². The molecule has 2 heteroatoms. The van der Waals surface area contributed by atoms with Crippen molar-refractivity contribution >= 4 is 11.8 Å². The summed E-state index contributed by atoms with van der Waals surface area (Å²) in [4.78, 5) is 1.38. The molecule has 1 aromatic carbocycles. The summed E-state index contributed by atoms with van der Waals surface area (Å²) in [7, 11) is 0. The third kappa shape index (κ3) is 1.72. The monoisotopic (exact) mass is 205 g/mol. The summed E-state index contributed by atoms with van der Waals surface area (Å²) in [6, 6.07) is 8.65. The van der Waals surface area contributed by atoms with Crippen molar-refractivity contribution < 1.29 is 0 Å². The van der Waals surface area contributed by atoms with Crippen LogP contribution < -0.4 is 5.73 Å². The lowest BCUT2D eigenvalue weighted by Crippen LogP contribution is -2.32. The quantitative estimate of drug-likeness (QED) is 0.751. The Morgan fingerprint density at radius 1 is 1.57 bits per heavy atom. The molecule has 0 aromatic heterocycles. The molecule has 2 rings (SSSR count). The Labute approximate surface area is 89.4 Å². The van der Waals surface area contributed by atoms with E-state index in [1.807, 2.05) is 18.7 Å². The van der Waals surface area contributed by atoms with Gasteiger partial charge in [-0.3, -0.25) is 0 Å². The van der Waals surface area contributed by atoms with Gasteiger partial charge in [0, 0.05) is 16.2 Å². The van der Waals surface area contributed by atoms with Gasteiger partial charge in [-0.2, -0.15) is 0 Å². The van der Waals surface area contributed by atoms with Crippen LogP contribution in [0, 0.1) is 0 Å². The molecule has 1 aromatic rings. The molecular weight excluding hydrogens is 190 g/mol. The number of rotatable bonds is 2. The molecule has 0 amide bonds. The van der Waals surface area contributed by atoms with Crippen LogP contribution >= 0.6 is 11.8 Å². The summed E-state index contributed by atoms with van der Waals surface area (Å²) >= 11 is 1.89. The number of hydrogen-bond donors (Lipinski definition) is 1. The fraction of sp³-hybridized carbons (Fsp3) is 0.333. The van der Waals surface area contributed by atoms with Crippen LogP contribution in [0.3, 0.4) is 0 Å². The van der Waals surface area contributed by atoms with Crippen LogP contribution in [0.5, 0.6) is 0 Å². The van der Waals surface area contributed by atoms with E-state index in [4.69, 9.17) is 5.73 Å². The zero-order chi connectivity index (χ0) is 10.1. The van der Waals surface area contributed by atoms with Crippen molar-refractivity contribution in [2.24, 2.45) is 5.73 Å². The molecule has 1 nitrogen and oxygen atoms in total. The molecule has 0 saturated carbocycles. The minimum atomic E-state index is 0.118. The highest BCUT2D eigenvalue weighted by molar-refractivity contribution is 8.00. The van der Waals surface area contributed by atoms with Gasteiger partial charge in [-0.05, 0) is 25.0 Å². The molecule has 0 fully saturated rings. The van der Waals surface area contributed by atoms with E-state index >= 15 is 0 Å². The Morgan fingerprint density at radius 3 is 2.93 bits per heavy atom. The number of benzene rings is 1. The number of thioether (sulfide) groups is 1. The van der Waals surface area contributed by atoms with Crippen LogP contribution in [-0.2, 0) is 6.42 Å². The Bertz CT molecular complexity index is 334. The molecule has 14 heavy (non-hydrogen) atoms. The average Bonchev–Trinajstić information content (AvgIpc) is 2.59. The molecule has 1 aliphatic rings. The van der Waals surface area contributed by atoms with E-state index in [9.17, 15) is 0 Å². The SMILES string of the molecule is C=C(C)C(N)C1Cc2ccccc2S1. The molecule has 0 spiro atoms. The van der Waals surface area contributed by atoms with E-state index in [-0.39, 0.29) is 6.04 Å². The highest BCUT2D eigenvalue weighted by atomic mass is 32.2. The topological polar surface area (TPSA) is 26.0 Å². The maximum atomic E-state index is 6.08. The summed E-state index contributed by atoms with van der Waals surface area (Å²) in [5.74, 6) is 0. The van der Waals surface area contributed by atoms with Gasteiger partial charge < -0.3 is 5.73 Å². The maximum Gasteiger partial charge on any atom is 0.0376 e. The predicted octanol–water partition coefficient (Wildman–Crippen LogP) is 2.61. The lowest BCUT2D eigenvalue weighted by atomic mass is 10.0. The molecule has 2 unspecified atom stereocenters. The second-order valence-corrected chi connectivity index (χ2v) is 5.12. The molecule has 2 atom stereocenters. The van der Waals surface area contributed by atoms with Gasteiger partial charge >= 0.3 is 0 Å². The smallest absolute Gasteiger partial charge is 0.0376 e. The van der Waals surface area contributed by atoms with Crippen molar-refractivity contribution in [3.8, 4) is 0 Å². The third-order valence-electron chi connectivity index (χ3n) is 2.64. The fourth-order valence-corrected chi connectivity index (χ4v) is 3.15. The minimum Gasteiger partial charge on any atom is -0.323 e. The van der Waals surface area contributed by atoms with Crippen LogP contribution in [0.2, 0.25) is 0 Å². The van der Waals surface area contributed by atoms with Crippen LogP contribution in [0.15, 0.2) is 41.3 Å². The van der Waals surface area contributed by atoms with Crippen molar-refractivity contribution in [2.45, 2.75) is 29.5 Å². The van der Waals surface area contributed by atoms with Gasteiger partial charge in [0.1, 0.15) is 0 Å². The molecular formula is C12H15NS. The molecule has 1 heterocycles. The van der Waals surface area contributed by atoms with Gasteiger partial charge in [0.05, 0.1) is 0 Å². The summed E-state index contributed by atoms with van der Waals surface area (Å²) in [5.41, 5.74) is 8.59. The van der Waals surface area contributed by atoms with E-state index in [2.05, 4.69) is 30.8 Å². The average molecular weight is 205 g/mol. The molecule has 74 valence electrons. The van der Waals surface area contributed by atoms with Crippen LogP contribution in [0.4, 0.5) is 0 Å².